The summed E-state index contributed by atoms with van der Waals surface area (Å²) in [7, 11) is 5.80. The highest BCUT2D eigenvalue weighted by molar-refractivity contribution is 5.99. The lowest BCUT2D eigenvalue weighted by atomic mass is 9.92. The molecule has 0 saturated heterocycles. The summed E-state index contributed by atoms with van der Waals surface area (Å²) < 4.78 is 36.3. The van der Waals surface area contributed by atoms with Gasteiger partial charge in [0.25, 0.3) is 0 Å². The van der Waals surface area contributed by atoms with Crippen LogP contribution in [0, 0.1) is 5.95 Å². The van der Waals surface area contributed by atoms with Crippen LogP contribution in [-0.4, -0.2) is 44.5 Å². The smallest absolute Gasteiger partial charge is 0.341 e. The molecule has 0 spiro atoms. The number of pyridine rings is 1. The highest BCUT2D eigenvalue weighted by Gasteiger charge is 2.26. The number of ether oxygens (including phenoxy) is 4. The fourth-order valence-corrected chi connectivity index (χ4v) is 3.62. The fraction of sp³-hybridized carbons (Fsp3) is 0.250. The van der Waals surface area contributed by atoms with Gasteiger partial charge in [0, 0.05) is 11.1 Å². The molecule has 0 atom stereocenters. The molecule has 3 aromatic rings. The molecular formula is C24H24FNO6. The van der Waals surface area contributed by atoms with E-state index in [1.807, 2.05) is 0 Å². The molecule has 0 aliphatic carbocycles. The van der Waals surface area contributed by atoms with E-state index in [0.29, 0.717) is 29.2 Å². The molecule has 0 unspecified atom stereocenters. The molecule has 0 fully saturated rings. The van der Waals surface area contributed by atoms with Crippen LogP contribution in [0.25, 0.3) is 11.1 Å². The molecule has 1 heterocycles. The van der Waals surface area contributed by atoms with Crippen LogP contribution >= 0.6 is 0 Å². The Labute approximate surface area is 185 Å². The number of halogens is 1. The third kappa shape index (κ3) is 4.44. The van der Waals surface area contributed by atoms with Crippen molar-refractivity contribution in [3.05, 3.63) is 65.1 Å². The molecule has 7 nitrogen and oxygen atoms in total. The van der Waals surface area contributed by atoms with E-state index < -0.39 is 11.9 Å². The van der Waals surface area contributed by atoms with Crippen molar-refractivity contribution < 1.29 is 33.2 Å². The Bertz CT molecular complexity index is 1090. The Hall–Kier alpha value is -3.81. The topological polar surface area (TPSA) is 87.1 Å². The number of rotatable bonds is 9. The molecule has 1 N–H and O–H groups in total. The van der Waals surface area contributed by atoms with Crippen LogP contribution in [0.2, 0.25) is 0 Å². The summed E-state index contributed by atoms with van der Waals surface area (Å²) in [6.45, 7) is 0. The minimum atomic E-state index is -1.25. The lowest BCUT2D eigenvalue weighted by Gasteiger charge is -2.17. The summed E-state index contributed by atoms with van der Waals surface area (Å²) in [6, 6.07) is 12.3. The number of hydrogen-bond donors (Lipinski definition) is 1. The number of aromatic carboxylic acids is 1. The Morgan fingerprint density at radius 2 is 1.56 bits per heavy atom. The number of methoxy groups -OCH3 is 4. The predicted octanol–water partition coefficient (Wildman–Crippen LogP) is 4.41. The van der Waals surface area contributed by atoms with E-state index in [-0.39, 0.29) is 29.0 Å². The van der Waals surface area contributed by atoms with E-state index in [9.17, 15) is 9.90 Å². The van der Waals surface area contributed by atoms with Gasteiger partial charge in [0.05, 0.1) is 28.4 Å². The monoisotopic (exact) mass is 441 g/mol. The van der Waals surface area contributed by atoms with Gasteiger partial charge >= 0.3 is 5.97 Å². The fourth-order valence-electron chi connectivity index (χ4n) is 3.62. The molecule has 0 bridgehead atoms. The predicted molar refractivity (Wildman–Crippen MR) is 117 cm³/mol. The normalized spacial score (nSPS) is 10.5. The van der Waals surface area contributed by atoms with Gasteiger partial charge in [-0.3, -0.25) is 0 Å². The van der Waals surface area contributed by atoms with Gasteiger partial charge in [-0.2, -0.15) is 9.37 Å². The maximum Gasteiger partial charge on any atom is 0.341 e. The first-order chi connectivity index (χ1) is 15.4. The van der Waals surface area contributed by atoms with Crippen LogP contribution in [0.3, 0.4) is 0 Å². The summed E-state index contributed by atoms with van der Waals surface area (Å²) in [5.41, 5.74) is 1.60. The SMILES string of the molecule is COc1cc(CCc2c(F)nc(OC)c(C(=O)O)c2-c2ccccc2)cc(OC)c1OC. The summed E-state index contributed by atoms with van der Waals surface area (Å²) in [5.74, 6) is -0.894. The van der Waals surface area contributed by atoms with Crippen molar-refractivity contribution in [3.8, 4) is 34.3 Å². The van der Waals surface area contributed by atoms with Crippen LogP contribution in [0.5, 0.6) is 23.1 Å². The second kappa shape index (κ2) is 10.00. The van der Waals surface area contributed by atoms with Crippen LogP contribution in [0.1, 0.15) is 21.5 Å². The van der Waals surface area contributed by atoms with Crippen molar-refractivity contribution in [3.63, 3.8) is 0 Å². The molecule has 0 amide bonds. The standard InChI is InChI=1S/C24H24FNO6/c1-29-17-12-14(13-18(30-2)21(17)31-3)10-11-16-19(15-8-6-5-7-9-15)20(24(27)28)23(32-4)26-22(16)25/h5-9,12-13H,10-11H2,1-4H3,(H,27,28). The summed E-state index contributed by atoms with van der Waals surface area (Å²) in [5, 5.41) is 9.84. The minimum absolute atomic E-state index is 0.181. The van der Waals surface area contributed by atoms with Crippen molar-refractivity contribution in [2.45, 2.75) is 12.8 Å². The van der Waals surface area contributed by atoms with Crippen molar-refractivity contribution in [1.29, 1.82) is 0 Å². The van der Waals surface area contributed by atoms with Crippen LogP contribution in [0.4, 0.5) is 4.39 Å². The highest BCUT2D eigenvalue weighted by atomic mass is 19.1. The lowest BCUT2D eigenvalue weighted by molar-refractivity contribution is 0.0693. The van der Waals surface area contributed by atoms with Crippen molar-refractivity contribution in [1.82, 2.24) is 4.98 Å². The van der Waals surface area contributed by atoms with Gasteiger partial charge in [0.15, 0.2) is 11.5 Å². The summed E-state index contributed by atoms with van der Waals surface area (Å²) in [6.07, 6.45) is 0.562. The molecule has 168 valence electrons. The highest BCUT2D eigenvalue weighted by Crippen LogP contribution is 2.39. The Balaban J connectivity index is 2.11. The molecule has 3 rings (SSSR count). The zero-order valence-corrected chi connectivity index (χ0v) is 18.3. The Morgan fingerprint density at radius 1 is 0.938 bits per heavy atom. The molecule has 1 aromatic heterocycles. The minimum Gasteiger partial charge on any atom is -0.493 e. The average molecular weight is 441 g/mol. The number of carbonyl (C=O) groups is 1. The van der Waals surface area contributed by atoms with Crippen molar-refractivity contribution in [2.24, 2.45) is 0 Å². The van der Waals surface area contributed by atoms with Crippen molar-refractivity contribution >= 4 is 5.97 Å². The molecule has 8 heteroatoms. The van der Waals surface area contributed by atoms with Crippen LogP contribution in [-0.2, 0) is 12.8 Å². The van der Waals surface area contributed by atoms with Gasteiger partial charge in [-0.15, -0.1) is 0 Å². The number of aromatic nitrogens is 1. The Morgan fingerprint density at radius 3 is 2.06 bits per heavy atom. The molecule has 0 saturated carbocycles. The van der Waals surface area contributed by atoms with E-state index in [0.717, 1.165) is 5.56 Å². The summed E-state index contributed by atoms with van der Waals surface area (Å²) in [4.78, 5) is 15.8. The largest absolute Gasteiger partial charge is 0.493 e. The van der Waals surface area contributed by atoms with Gasteiger partial charge in [-0.25, -0.2) is 4.79 Å². The molecule has 32 heavy (non-hydrogen) atoms. The third-order valence-electron chi connectivity index (χ3n) is 5.07. The van der Waals surface area contributed by atoms with Crippen LogP contribution < -0.4 is 18.9 Å². The molecule has 0 aliphatic rings. The number of benzene rings is 2. The second-order valence-electron chi connectivity index (χ2n) is 6.85. The van der Waals surface area contributed by atoms with E-state index in [4.69, 9.17) is 18.9 Å². The Kier molecular flexibility index (Phi) is 7.14. The first-order valence-corrected chi connectivity index (χ1v) is 9.79. The van der Waals surface area contributed by atoms with Gasteiger partial charge in [-0.05, 0) is 36.1 Å². The quantitative estimate of drug-likeness (QED) is 0.492. The van der Waals surface area contributed by atoms with Gasteiger partial charge in [0.2, 0.25) is 17.6 Å². The van der Waals surface area contributed by atoms with E-state index in [2.05, 4.69) is 4.98 Å². The lowest BCUT2D eigenvalue weighted by Crippen LogP contribution is -2.11. The van der Waals surface area contributed by atoms with E-state index in [1.54, 1.807) is 42.5 Å². The molecule has 0 aliphatic heterocycles. The summed E-state index contributed by atoms with van der Waals surface area (Å²) >= 11 is 0. The number of hydrogen-bond acceptors (Lipinski definition) is 6. The number of nitrogens with zero attached hydrogens (tertiary/aromatic N) is 1. The maximum absolute atomic E-state index is 15.1. The van der Waals surface area contributed by atoms with Gasteiger partial charge in [-0.1, -0.05) is 30.3 Å². The van der Waals surface area contributed by atoms with E-state index >= 15 is 4.39 Å². The van der Waals surface area contributed by atoms with Gasteiger partial charge < -0.3 is 24.1 Å². The zero-order valence-electron chi connectivity index (χ0n) is 18.3. The van der Waals surface area contributed by atoms with E-state index in [1.165, 1.54) is 28.4 Å². The third-order valence-corrected chi connectivity index (χ3v) is 5.07. The average Bonchev–Trinajstić information content (AvgIpc) is 2.81. The molecular weight excluding hydrogens is 417 g/mol. The first kappa shape index (κ1) is 22.9. The number of aryl methyl sites for hydroxylation is 1. The number of carboxylic acid groups (broad SMARTS) is 1. The zero-order chi connectivity index (χ0) is 23.3. The number of carboxylic acids is 1. The maximum atomic E-state index is 15.1. The van der Waals surface area contributed by atoms with Gasteiger partial charge in [0.1, 0.15) is 5.56 Å². The second-order valence-corrected chi connectivity index (χ2v) is 6.85. The van der Waals surface area contributed by atoms with Crippen LogP contribution in [0.15, 0.2) is 42.5 Å². The van der Waals surface area contributed by atoms with Crippen molar-refractivity contribution in [2.75, 3.05) is 28.4 Å². The first-order valence-electron chi connectivity index (χ1n) is 9.79. The molecule has 0 radical (unpaired) electrons. The molecule has 2 aromatic carbocycles.